The molecule has 0 saturated carbocycles. The molecular weight excluding hydrogens is 280 g/mol. The van der Waals surface area contributed by atoms with Crippen LogP contribution in [0.15, 0.2) is 0 Å². The number of carbonyl (C=O) groups excluding carboxylic acids is 1. The summed E-state index contributed by atoms with van der Waals surface area (Å²) in [6.45, 7) is 7.72. The first-order valence-corrected chi connectivity index (χ1v) is 8.64. The van der Waals surface area contributed by atoms with E-state index in [4.69, 9.17) is 4.74 Å². The van der Waals surface area contributed by atoms with Crippen molar-refractivity contribution in [3.05, 3.63) is 0 Å². The van der Waals surface area contributed by atoms with Gasteiger partial charge in [0.1, 0.15) is 6.54 Å². The summed E-state index contributed by atoms with van der Waals surface area (Å²) in [4.78, 5) is 11.6. The summed E-state index contributed by atoms with van der Waals surface area (Å²) in [5.74, 6) is -0.505. The fourth-order valence-electron chi connectivity index (χ4n) is 2.41. The van der Waals surface area contributed by atoms with Gasteiger partial charge in [-0.15, -0.1) is 0 Å². The molecule has 0 aliphatic carbocycles. The molecule has 0 spiro atoms. The quantitative estimate of drug-likeness (QED) is 0.695. The highest BCUT2D eigenvalue weighted by Gasteiger charge is 2.37. The highest BCUT2D eigenvalue weighted by atomic mass is 32.2. The van der Waals surface area contributed by atoms with Crippen LogP contribution in [0.2, 0.25) is 0 Å². The lowest BCUT2D eigenvalue weighted by Gasteiger charge is -2.37. The van der Waals surface area contributed by atoms with Crippen LogP contribution in [0.5, 0.6) is 0 Å². The van der Waals surface area contributed by atoms with Crippen molar-refractivity contribution in [1.82, 2.24) is 8.61 Å². The van der Waals surface area contributed by atoms with Gasteiger partial charge in [-0.05, 0) is 40.5 Å². The van der Waals surface area contributed by atoms with Crippen LogP contribution in [0.3, 0.4) is 0 Å². The minimum atomic E-state index is -3.62. The van der Waals surface area contributed by atoms with Crippen molar-refractivity contribution in [2.45, 2.75) is 59.0 Å². The third-order valence-corrected chi connectivity index (χ3v) is 5.78. The van der Waals surface area contributed by atoms with Crippen molar-refractivity contribution in [3.63, 3.8) is 0 Å². The standard InChI is InChI=1S/C13H26N2O4S/c1-5-19-13(16)10-15(11(2)3)20(17,18)14-9-7-6-8-12(14)4/h11-12H,5-10H2,1-4H3. The van der Waals surface area contributed by atoms with Gasteiger partial charge in [-0.25, -0.2) is 0 Å². The molecule has 0 aromatic heterocycles. The van der Waals surface area contributed by atoms with Crippen LogP contribution in [0.4, 0.5) is 0 Å². The molecule has 1 heterocycles. The molecule has 1 aliphatic heterocycles. The van der Waals surface area contributed by atoms with Gasteiger partial charge >= 0.3 is 5.97 Å². The van der Waals surface area contributed by atoms with E-state index in [0.717, 1.165) is 19.3 Å². The van der Waals surface area contributed by atoms with Crippen LogP contribution >= 0.6 is 0 Å². The molecule has 118 valence electrons. The zero-order valence-electron chi connectivity index (χ0n) is 12.8. The number of nitrogens with zero attached hydrogens (tertiary/aromatic N) is 2. The lowest BCUT2D eigenvalue weighted by atomic mass is 10.1. The van der Waals surface area contributed by atoms with Crippen molar-refractivity contribution in [2.24, 2.45) is 0 Å². The number of carbonyl (C=O) groups is 1. The Balaban J connectivity index is 2.91. The average Bonchev–Trinajstić information content (AvgIpc) is 2.36. The summed E-state index contributed by atoms with van der Waals surface area (Å²) in [6, 6.07) is -0.296. The Labute approximate surface area is 122 Å². The Morgan fingerprint density at radius 1 is 1.40 bits per heavy atom. The molecule has 1 aliphatic rings. The zero-order chi connectivity index (χ0) is 15.3. The predicted octanol–water partition coefficient (Wildman–Crippen LogP) is 1.38. The fourth-order valence-corrected chi connectivity index (χ4v) is 4.40. The van der Waals surface area contributed by atoms with Crippen LogP contribution in [-0.2, 0) is 19.7 Å². The molecule has 6 nitrogen and oxygen atoms in total. The molecule has 0 aromatic carbocycles. The van der Waals surface area contributed by atoms with Crippen molar-refractivity contribution in [2.75, 3.05) is 19.7 Å². The Morgan fingerprint density at radius 3 is 2.55 bits per heavy atom. The lowest BCUT2D eigenvalue weighted by Crippen LogP contribution is -2.53. The maximum Gasteiger partial charge on any atom is 0.321 e. The predicted molar refractivity (Wildman–Crippen MR) is 77.4 cm³/mol. The van der Waals surface area contributed by atoms with E-state index in [1.54, 1.807) is 20.8 Å². The minimum absolute atomic E-state index is 0.0165. The molecule has 1 saturated heterocycles. The van der Waals surface area contributed by atoms with Crippen LogP contribution in [0.1, 0.15) is 47.0 Å². The molecule has 1 atom stereocenters. The lowest BCUT2D eigenvalue weighted by molar-refractivity contribution is -0.143. The van der Waals surface area contributed by atoms with E-state index in [2.05, 4.69) is 0 Å². The second-order valence-electron chi connectivity index (χ2n) is 5.41. The van der Waals surface area contributed by atoms with E-state index < -0.39 is 16.2 Å². The fraction of sp³-hybridized carbons (Fsp3) is 0.923. The van der Waals surface area contributed by atoms with Gasteiger partial charge in [-0.1, -0.05) is 6.42 Å². The molecule has 1 unspecified atom stereocenters. The summed E-state index contributed by atoms with van der Waals surface area (Å²) in [5, 5.41) is 0. The molecule has 0 bridgehead atoms. The first-order chi connectivity index (χ1) is 9.30. The monoisotopic (exact) mass is 306 g/mol. The highest BCUT2D eigenvalue weighted by molar-refractivity contribution is 7.86. The number of hydrogen-bond acceptors (Lipinski definition) is 4. The number of esters is 1. The average molecular weight is 306 g/mol. The van der Waals surface area contributed by atoms with E-state index in [1.165, 1.54) is 8.61 Å². The van der Waals surface area contributed by atoms with E-state index in [0.29, 0.717) is 6.54 Å². The third-order valence-electron chi connectivity index (χ3n) is 3.50. The SMILES string of the molecule is CCOC(=O)CN(C(C)C)S(=O)(=O)N1CCCCC1C. The molecule has 0 N–H and O–H groups in total. The van der Waals surface area contributed by atoms with Gasteiger partial charge in [0.05, 0.1) is 6.61 Å². The molecule has 0 aromatic rings. The summed E-state index contributed by atoms with van der Waals surface area (Å²) >= 11 is 0. The van der Waals surface area contributed by atoms with Gasteiger partial charge in [-0.3, -0.25) is 4.79 Å². The van der Waals surface area contributed by atoms with Gasteiger partial charge in [0.15, 0.2) is 0 Å². The van der Waals surface area contributed by atoms with E-state index in [-0.39, 0.29) is 25.2 Å². The number of hydrogen-bond donors (Lipinski definition) is 0. The Bertz CT molecular complexity index is 422. The second-order valence-corrected chi connectivity index (χ2v) is 7.24. The summed E-state index contributed by atoms with van der Waals surface area (Å²) in [5.41, 5.74) is 0. The van der Waals surface area contributed by atoms with E-state index in [9.17, 15) is 13.2 Å². The number of piperidine rings is 1. The van der Waals surface area contributed by atoms with E-state index >= 15 is 0 Å². The second kappa shape index (κ2) is 7.38. The topological polar surface area (TPSA) is 66.9 Å². The smallest absolute Gasteiger partial charge is 0.321 e. The first-order valence-electron chi connectivity index (χ1n) is 7.25. The summed E-state index contributed by atoms with van der Waals surface area (Å²) in [7, 11) is -3.62. The van der Waals surface area contributed by atoms with Crippen LogP contribution in [0, 0.1) is 0 Å². The van der Waals surface area contributed by atoms with Crippen molar-refractivity contribution in [3.8, 4) is 0 Å². The van der Waals surface area contributed by atoms with Gasteiger partial charge in [0.25, 0.3) is 10.2 Å². The van der Waals surface area contributed by atoms with Gasteiger partial charge in [0, 0.05) is 18.6 Å². The van der Waals surface area contributed by atoms with Crippen LogP contribution in [0.25, 0.3) is 0 Å². The molecule has 1 fully saturated rings. The first kappa shape index (κ1) is 17.4. The van der Waals surface area contributed by atoms with Gasteiger partial charge in [0.2, 0.25) is 0 Å². The van der Waals surface area contributed by atoms with Crippen LogP contribution < -0.4 is 0 Å². The molecule has 7 heteroatoms. The van der Waals surface area contributed by atoms with Gasteiger partial charge in [-0.2, -0.15) is 17.0 Å². The van der Waals surface area contributed by atoms with Crippen molar-refractivity contribution in [1.29, 1.82) is 0 Å². The maximum atomic E-state index is 12.7. The summed E-state index contributed by atoms with van der Waals surface area (Å²) in [6.07, 6.45) is 2.78. The molecular formula is C13H26N2O4S. The van der Waals surface area contributed by atoms with Crippen LogP contribution in [-0.4, -0.2) is 54.8 Å². The van der Waals surface area contributed by atoms with Crippen molar-refractivity contribution < 1.29 is 17.9 Å². The normalized spacial score (nSPS) is 21.4. The zero-order valence-corrected chi connectivity index (χ0v) is 13.6. The minimum Gasteiger partial charge on any atom is -0.465 e. The van der Waals surface area contributed by atoms with Gasteiger partial charge < -0.3 is 4.74 Å². The third kappa shape index (κ3) is 4.17. The maximum absolute atomic E-state index is 12.7. The largest absolute Gasteiger partial charge is 0.465 e. The number of ether oxygens (including phenoxy) is 1. The Hall–Kier alpha value is -0.660. The molecule has 1 rings (SSSR count). The number of rotatable bonds is 6. The Kier molecular flexibility index (Phi) is 6.42. The molecule has 0 amide bonds. The van der Waals surface area contributed by atoms with Crippen molar-refractivity contribution >= 4 is 16.2 Å². The van der Waals surface area contributed by atoms with E-state index in [1.807, 2.05) is 6.92 Å². The molecule has 0 radical (unpaired) electrons. The highest BCUT2D eigenvalue weighted by Crippen LogP contribution is 2.23. The molecule has 20 heavy (non-hydrogen) atoms. The summed E-state index contributed by atoms with van der Waals surface area (Å²) < 4.78 is 33.0. The Morgan fingerprint density at radius 2 is 2.05 bits per heavy atom.